The van der Waals surface area contributed by atoms with E-state index in [1.807, 2.05) is 72.3 Å². The van der Waals surface area contributed by atoms with Crippen molar-refractivity contribution in [3.05, 3.63) is 49.1 Å². The van der Waals surface area contributed by atoms with Gasteiger partial charge in [-0.1, -0.05) is 0 Å². The molecule has 0 radical (unpaired) electrons. The Hall–Kier alpha value is -1.25. The summed E-state index contributed by atoms with van der Waals surface area (Å²) in [6.07, 6.45) is 6.68. The van der Waals surface area contributed by atoms with Crippen LogP contribution in [0, 0.1) is 0 Å². The van der Waals surface area contributed by atoms with E-state index >= 15 is 0 Å². The number of thiol groups is 2. The highest BCUT2D eigenvalue weighted by atomic mass is 79.9. The zero-order chi connectivity index (χ0) is 17.1. The van der Waals surface area contributed by atoms with E-state index in [-0.39, 0.29) is 17.0 Å². The molecule has 2 heterocycles. The van der Waals surface area contributed by atoms with Gasteiger partial charge < -0.3 is 31.8 Å². The molecule has 0 aromatic carbocycles. The number of amides is 1. The fourth-order valence-corrected chi connectivity index (χ4v) is 1.68. The van der Waals surface area contributed by atoms with Crippen molar-refractivity contribution < 1.29 is 36.0 Å². The lowest BCUT2D eigenvalue weighted by Crippen LogP contribution is -3.00. The normalized spacial score (nSPS) is 8.43. The van der Waals surface area contributed by atoms with Gasteiger partial charge in [-0.25, -0.2) is 9.13 Å². The second kappa shape index (κ2) is 13.2. The molecule has 1 amide bonds. The Balaban J connectivity index is 0. The molecule has 2 aromatic rings. The highest BCUT2D eigenvalue weighted by molar-refractivity contribution is 7.80. The smallest absolute Gasteiger partial charge is 0.181 e. The molecule has 8 heteroatoms. The maximum atomic E-state index is 9.51. The maximum Gasteiger partial charge on any atom is 0.181 e. The van der Waals surface area contributed by atoms with Crippen molar-refractivity contribution >= 4 is 31.4 Å². The average molecular weight is 420 g/mol. The fraction of sp³-hybridized carbons (Fsp3) is 0.267. The molecule has 2 aromatic heterocycles. The number of pyridine rings is 2. The lowest BCUT2D eigenvalue weighted by molar-refractivity contribution is -0.673. The second-order valence-electron chi connectivity index (χ2n) is 4.62. The van der Waals surface area contributed by atoms with Gasteiger partial charge >= 0.3 is 0 Å². The van der Waals surface area contributed by atoms with Crippen LogP contribution in [-0.4, -0.2) is 25.1 Å². The molecule has 23 heavy (non-hydrogen) atoms. The number of hydrogen-bond acceptors (Lipinski definition) is 4. The first kappa shape index (κ1) is 24.0. The second-order valence-corrected chi connectivity index (χ2v) is 5.65. The lowest BCUT2D eigenvalue weighted by Gasteiger charge is -2.10. The largest absolute Gasteiger partial charge is 1.00 e. The molecule has 0 atom stereocenters. The highest BCUT2D eigenvalue weighted by Crippen LogP contribution is 1.97. The summed E-state index contributed by atoms with van der Waals surface area (Å²) in [7, 11) is 6.77. The topological polar surface area (TPSA) is 51.1 Å². The standard InChI is InChI=1S/2C6H7NS.C3H7NO2.BrH/c2*1-7-4-2-3-6(8)5-7;1-4(2)3(5)6;/h2*2-5H,1H3;1-2H3,(H,5,6);1H. The van der Waals surface area contributed by atoms with Gasteiger partial charge in [0, 0.05) is 26.2 Å². The number of halogens is 1. The molecule has 0 aliphatic heterocycles. The van der Waals surface area contributed by atoms with Gasteiger partial charge in [0.1, 0.15) is 20.2 Å². The number of carbonyl (C=O) groups excluding carboxylic acids is 1. The molecule has 0 spiro atoms. The van der Waals surface area contributed by atoms with Crippen LogP contribution >= 0.6 is 25.3 Å². The predicted octanol–water partition coefficient (Wildman–Crippen LogP) is -2.51. The minimum Gasteiger partial charge on any atom is -1.00 e. The number of aryl methyl sites for hydroxylation is 2. The third kappa shape index (κ3) is 14.1. The van der Waals surface area contributed by atoms with E-state index in [1.165, 1.54) is 14.1 Å². The molecule has 5 nitrogen and oxygen atoms in total. The van der Waals surface area contributed by atoms with Crippen LogP contribution in [0.15, 0.2) is 58.8 Å². The summed E-state index contributed by atoms with van der Waals surface area (Å²) in [5.41, 5.74) is 0. The first-order chi connectivity index (χ1) is 10.2. The van der Waals surface area contributed by atoms with E-state index in [0.29, 0.717) is 0 Å². The Labute approximate surface area is 159 Å². The molecule has 0 fully saturated rings. The monoisotopic (exact) mass is 419 g/mol. The molecular weight excluding hydrogens is 398 g/mol. The number of rotatable bonds is 0. The summed E-state index contributed by atoms with van der Waals surface area (Å²) < 4.78 is 3.92. The maximum absolute atomic E-state index is 9.51. The summed E-state index contributed by atoms with van der Waals surface area (Å²) in [4.78, 5) is 12.5. The molecule has 0 aliphatic rings. The Kier molecular flexibility index (Phi) is 13.8. The van der Waals surface area contributed by atoms with Gasteiger partial charge in [-0.15, -0.1) is 25.3 Å². The zero-order valence-electron chi connectivity index (χ0n) is 13.5. The van der Waals surface area contributed by atoms with E-state index in [0.717, 1.165) is 14.7 Å². The van der Waals surface area contributed by atoms with Crippen molar-refractivity contribution in [2.24, 2.45) is 14.1 Å². The van der Waals surface area contributed by atoms with E-state index in [4.69, 9.17) is 0 Å². The van der Waals surface area contributed by atoms with Crippen LogP contribution in [-0.2, 0) is 14.1 Å². The molecular formula is C15H22BrN3O2S2. The van der Waals surface area contributed by atoms with Crippen LogP contribution in [0.1, 0.15) is 0 Å². The number of hydrogen-bond donors (Lipinski definition) is 2. The average Bonchev–Trinajstić information content (AvgIpc) is 2.39. The lowest BCUT2D eigenvalue weighted by atomic mass is 10.5. The van der Waals surface area contributed by atoms with Crippen LogP contribution < -0.4 is 31.2 Å². The number of carbonyl (C=O) groups is 1. The van der Waals surface area contributed by atoms with E-state index in [2.05, 4.69) is 25.3 Å². The molecule has 0 N–H and O–H groups in total. The van der Waals surface area contributed by atoms with Crippen LogP contribution in [0.5, 0.6) is 0 Å². The van der Waals surface area contributed by atoms with Gasteiger partial charge in [-0.05, 0) is 12.1 Å². The third-order valence-electron chi connectivity index (χ3n) is 2.21. The van der Waals surface area contributed by atoms with E-state index < -0.39 is 6.09 Å². The predicted molar refractivity (Wildman–Crippen MR) is 88.8 cm³/mol. The molecule has 2 rings (SSSR count). The summed E-state index contributed by atoms with van der Waals surface area (Å²) in [5.74, 6) is 0. The van der Waals surface area contributed by atoms with Crippen molar-refractivity contribution in [2.75, 3.05) is 14.1 Å². The van der Waals surface area contributed by atoms with Crippen LogP contribution in [0.2, 0.25) is 0 Å². The Morgan fingerprint density at radius 1 is 1.00 bits per heavy atom. The summed E-state index contributed by atoms with van der Waals surface area (Å²) >= 11 is 8.27. The third-order valence-corrected chi connectivity index (χ3v) is 2.74. The number of carboxylic acid groups (broad SMARTS) is 1. The summed E-state index contributed by atoms with van der Waals surface area (Å²) in [5, 5.41) is 9.51. The first-order valence-corrected chi connectivity index (χ1v) is 7.28. The van der Waals surface area contributed by atoms with Gasteiger partial charge in [-0.2, -0.15) is 0 Å². The SMILES string of the molecule is CN(C)C(=O)[O-].C[n+]1cccc(S)c1.C[n+]1cccc(S)c1.[Br-]. The molecule has 0 unspecified atom stereocenters. The van der Waals surface area contributed by atoms with Gasteiger partial charge in [0.2, 0.25) is 0 Å². The summed E-state index contributed by atoms with van der Waals surface area (Å²) in [6.45, 7) is 0. The van der Waals surface area contributed by atoms with Crippen LogP contribution in [0.4, 0.5) is 4.79 Å². The quantitative estimate of drug-likeness (QED) is 0.366. The molecule has 128 valence electrons. The van der Waals surface area contributed by atoms with Gasteiger partial charge in [0.15, 0.2) is 24.8 Å². The van der Waals surface area contributed by atoms with Crippen molar-refractivity contribution in [1.29, 1.82) is 0 Å². The Morgan fingerprint density at radius 2 is 1.30 bits per heavy atom. The highest BCUT2D eigenvalue weighted by Gasteiger charge is 1.89. The van der Waals surface area contributed by atoms with Crippen molar-refractivity contribution in [3.63, 3.8) is 0 Å². The van der Waals surface area contributed by atoms with Crippen LogP contribution in [0.3, 0.4) is 0 Å². The van der Waals surface area contributed by atoms with E-state index in [9.17, 15) is 9.90 Å². The van der Waals surface area contributed by atoms with Crippen molar-refractivity contribution in [3.8, 4) is 0 Å². The first-order valence-electron chi connectivity index (χ1n) is 6.39. The molecule has 0 bridgehead atoms. The van der Waals surface area contributed by atoms with Crippen LogP contribution in [0.25, 0.3) is 0 Å². The van der Waals surface area contributed by atoms with E-state index in [1.54, 1.807) is 0 Å². The van der Waals surface area contributed by atoms with Gasteiger partial charge in [-0.3, -0.25) is 0 Å². The number of nitrogens with zero attached hydrogens (tertiary/aromatic N) is 3. The van der Waals surface area contributed by atoms with Crippen molar-refractivity contribution in [2.45, 2.75) is 9.79 Å². The minimum atomic E-state index is -1.16. The van der Waals surface area contributed by atoms with Gasteiger partial charge in [0.05, 0.1) is 9.79 Å². The Bertz CT molecular complexity index is 520. The Morgan fingerprint density at radius 3 is 1.43 bits per heavy atom. The summed E-state index contributed by atoms with van der Waals surface area (Å²) in [6, 6.07) is 7.82. The molecule has 0 aliphatic carbocycles. The minimum absolute atomic E-state index is 0. The zero-order valence-corrected chi connectivity index (χ0v) is 16.9. The number of aromatic nitrogens is 2. The van der Waals surface area contributed by atoms with Crippen molar-refractivity contribution in [1.82, 2.24) is 4.90 Å². The van der Waals surface area contributed by atoms with Gasteiger partial charge in [0.25, 0.3) is 0 Å². The molecule has 0 saturated carbocycles. The fourth-order valence-electron chi connectivity index (χ4n) is 1.14. The molecule has 0 saturated heterocycles.